The van der Waals surface area contributed by atoms with Crippen LogP contribution in [0.3, 0.4) is 0 Å². The Morgan fingerprint density at radius 1 is 1.18 bits per heavy atom. The highest BCUT2D eigenvalue weighted by atomic mass is 35.5. The maximum Gasteiger partial charge on any atom is 0.247 e. The number of carbonyl (C=O) groups is 2. The molecule has 5 nitrogen and oxygen atoms in total. The molecular weight excluding hydrogens is 443 g/mol. The third kappa shape index (κ3) is 6.26. The topological polar surface area (TPSA) is 58.6 Å². The van der Waals surface area contributed by atoms with Crippen molar-refractivity contribution < 1.29 is 18.7 Å². The van der Waals surface area contributed by atoms with Gasteiger partial charge in [0, 0.05) is 12.6 Å². The number of benzene rings is 2. The van der Waals surface area contributed by atoms with Crippen LogP contribution >= 0.6 is 11.6 Å². The van der Waals surface area contributed by atoms with E-state index in [0.29, 0.717) is 23.1 Å². The molecule has 0 heterocycles. The number of rotatable bonds is 8. The average molecular weight is 475 g/mol. The zero-order valence-corrected chi connectivity index (χ0v) is 20.1. The Bertz CT molecular complexity index is 953. The van der Waals surface area contributed by atoms with Crippen LogP contribution < -0.4 is 10.1 Å². The zero-order chi connectivity index (χ0) is 24.0. The predicted molar refractivity (Wildman–Crippen MR) is 128 cm³/mol. The first-order chi connectivity index (χ1) is 15.8. The summed E-state index contributed by atoms with van der Waals surface area (Å²) in [6.07, 6.45) is 3.08. The molecule has 2 aromatic rings. The number of methoxy groups -OCH3 is 1. The number of hydrogen-bond donors (Lipinski definition) is 1. The van der Waals surface area contributed by atoms with E-state index in [1.165, 1.54) is 17.0 Å². The van der Waals surface area contributed by atoms with Gasteiger partial charge in [0.2, 0.25) is 11.8 Å². The molecule has 7 heteroatoms. The second kappa shape index (κ2) is 11.5. The van der Waals surface area contributed by atoms with Crippen LogP contribution in [0.1, 0.15) is 50.3 Å². The molecule has 0 aromatic heterocycles. The maximum atomic E-state index is 13.7. The third-order valence-corrected chi connectivity index (χ3v) is 6.93. The van der Waals surface area contributed by atoms with Crippen LogP contribution in [0.25, 0.3) is 0 Å². The van der Waals surface area contributed by atoms with Crippen molar-refractivity contribution in [3.8, 4) is 5.75 Å². The van der Waals surface area contributed by atoms with Crippen molar-refractivity contribution in [1.82, 2.24) is 10.2 Å². The Kier molecular flexibility index (Phi) is 8.73. The minimum atomic E-state index is -0.938. The summed E-state index contributed by atoms with van der Waals surface area (Å²) in [4.78, 5) is 28.1. The zero-order valence-electron chi connectivity index (χ0n) is 19.4. The third-order valence-electron chi connectivity index (χ3n) is 6.70. The summed E-state index contributed by atoms with van der Waals surface area (Å²) in [5, 5.41) is 3.19. The molecule has 0 aliphatic heterocycles. The summed E-state index contributed by atoms with van der Waals surface area (Å²) < 4.78 is 19.0. The van der Waals surface area contributed by atoms with Crippen molar-refractivity contribution in [2.45, 2.75) is 51.7 Å². The van der Waals surface area contributed by atoms with Crippen molar-refractivity contribution in [3.05, 3.63) is 65.5 Å². The summed E-state index contributed by atoms with van der Waals surface area (Å²) in [5.41, 5.74) is 1.33. The molecule has 1 aliphatic rings. The lowest BCUT2D eigenvalue weighted by molar-refractivity contribution is -0.140. The van der Waals surface area contributed by atoms with Crippen LogP contribution in [0.2, 0.25) is 0 Å². The molecule has 2 amide bonds. The van der Waals surface area contributed by atoms with Crippen molar-refractivity contribution >= 4 is 23.4 Å². The SMILES string of the molecule is COc1cccc(CN(C(=O)CCl)[C@H](C(=O)N[C@@H]2CCC[C@@H](C)[C@H]2C)c2ccc(F)cc2)c1. The minimum Gasteiger partial charge on any atom is -0.497 e. The number of halogens is 2. The normalized spacial score (nSPS) is 21.2. The second-order valence-corrected chi connectivity index (χ2v) is 9.11. The quantitative estimate of drug-likeness (QED) is 0.542. The van der Waals surface area contributed by atoms with Crippen LogP contribution in [0.15, 0.2) is 48.5 Å². The van der Waals surface area contributed by atoms with Crippen molar-refractivity contribution in [3.63, 3.8) is 0 Å². The number of nitrogens with zero attached hydrogens (tertiary/aromatic N) is 1. The minimum absolute atomic E-state index is 0.0222. The van der Waals surface area contributed by atoms with Crippen LogP contribution in [0.4, 0.5) is 4.39 Å². The van der Waals surface area contributed by atoms with E-state index in [1.807, 2.05) is 24.3 Å². The van der Waals surface area contributed by atoms with Gasteiger partial charge in [-0.25, -0.2) is 4.39 Å². The van der Waals surface area contributed by atoms with E-state index in [1.54, 1.807) is 19.2 Å². The van der Waals surface area contributed by atoms with Gasteiger partial charge in [-0.15, -0.1) is 11.6 Å². The van der Waals surface area contributed by atoms with Gasteiger partial charge in [0.05, 0.1) is 7.11 Å². The van der Waals surface area contributed by atoms with E-state index in [-0.39, 0.29) is 30.3 Å². The van der Waals surface area contributed by atoms with E-state index in [0.717, 1.165) is 24.8 Å². The molecule has 1 fully saturated rings. The molecule has 1 N–H and O–H groups in total. The molecule has 0 radical (unpaired) electrons. The van der Waals surface area contributed by atoms with Gasteiger partial charge in [0.15, 0.2) is 0 Å². The molecule has 33 heavy (non-hydrogen) atoms. The Morgan fingerprint density at radius 3 is 2.58 bits per heavy atom. The van der Waals surface area contributed by atoms with Crippen molar-refractivity contribution in [2.24, 2.45) is 11.8 Å². The lowest BCUT2D eigenvalue weighted by Crippen LogP contribution is -2.50. The van der Waals surface area contributed by atoms with Crippen LogP contribution in [0, 0.1) is 17.7 Å². The van der Waals surface area contributed by atoms with Gasteiger partial charge < -0.3 is 15.0 Å². The molecular formula is C26H32ClFN2O3. The standard InChI is InChI=1S/C26H32ClFN2O3/c1-17-6-4-9-23(18(17)2)29-26(32)25(20-10-12-21(28)13-11-20)30(24(31)15-27)16-19-7-5-8-22(14-19)33-3/h5,7-8,10-14,17-18,23,25H,4,6,9,15-16H2,1-3H3,(H,29,32)/t17-,18-,23-,25+/m1/s1. The molecule has 1 saturated carbocycles. The maximum absolute atomic E-state index is 13.7. The summed E-state index contributed by atoms with van der Waals surface area (Å²) in [7, 11) is 1.57. The van der Waals surface area contributed by atoms with Gasteiger partial charge in [0.1, 0.15) is 23.5 Å². The fraction of sp³-hybridized carbons (Fsp3) is 0.462. The Balaban J connectivity index is 1.96. The molecule has 2 aromatic carbocycles. The monoisotopic (exact) mass is 474 g/mol. The molecule has 1 aliphatic carbocycles. The molecule has 0 spiro atoms. The molecule has 178 valence electrons. The van der Waals surface area contributed by atoms with Gasteiger partial charge in [-0.1, -0.05) is 51.0 Å². The molecule has 0 unspecified atom stereocenters. The Morgan fingerprint density at radius 2 is 1.91 bits per heavy atom. The van der Waals surface area contributed by atoms with E-state index in [4.69, 9.17) is 16.3 Å². The van der Waals surface area contributed by atoms with Crippen LogP contribution in [-0.2, 0) is 16.1 Å². The molecule has 3 rings (SSSR count). The number of hydrogen-bond acceptors (Lipinski definition) is 3. The number of alkyl halides is 1. The Hall–Kier alpha value is -2.60. The first-order valence-electron chi connectivity index (χ1n) is 11.4. The van der Waals surface area contributed by atoms with E-state index >= 15 is 0 Å². The van der Waals surface area contributed by atoms with E-state index in [9.17, 15) is 14.0 Å². The van der Waals surface area contributed by atoms with E-state index < -0.39 is 11.9 Å². The highest BCUT2D eigenvalue weighted by Gasteiger charge is 2.35. The predicted octanol–water partition coefficient (Wildman–Crippen LogP) is 5.08. The summed E-state index contributed by atoms with van der Waals surface area (Å²) in [5.74, 6) is 0.140. The first kappa shape index (κ1) is 25.0. The fourth-order valence-corrected chi connectivity index (χ4v) is 4.69. The van der Waals surface area contributed by atoms with Gasteiger partial charge >= 0.3 is 0 Å². The largest absolute Gasteiger partial charge is 0.497 e. The molecule has 4 atom stereocenters. The summed E-state index contributed by atoms with van der Waals surface area (Å²) in [6.45, 7) is 4.51. The number of amides is 2. The highest BCUT2D eigenvalue weighted by Crippen LogP contribution is 2.31. The van der Waals surface area contributed by atoms with Crippen LogP contribution in [-0.4, -0.2) is 35.7 Å². The molecule has 0 saturated heterocycles. The van der Waals surface area contributed by atoms with E-state index in [2.05, 4.69) is 19.2 Å². The summed E-state index contributed by atoms with van der Waals surface area (Å²) in [6, 6.07) is 12.1. The molecule has 0 bridgehead atoms. The number of carbonyl (C=O) groups excluding carboxylic acids is 2. The lowest BCUT2D eigenvalue weighted by Gasteiger charge is -2.37. The number of ether oxygens (including phenoxy) is 1. The van der Waals surface area contributed by atoms with Gasteiger partial charge in [-0.05, 0) is 53.6 Å². The lowest BCUT2D eigenvalue weighted by atomic mass is 9.78. The first-order valence-corrected chi connectivity index (χ1v) is 11.9. The van der Waals surface area contributed by atoms with Gasteiger partial charge in [-0.3, -0.25) is 9.59 Å². The summed E-state index contributed by atoms with van der Waals surface area (Å²) >= 11 is 5.96. The van der Waals surface area contributed by atoms with Gasteiger partial charge in [-0.2, -0.15) is 0 Å². The van der Waals surface area contributed by atoms with Crippen molar-refractivity contribution in [1.29, 1.82) is 0 Å². The van der Waals surface area contributed by atoms with Gasteiger partial charge in [0.25, 0.3) is 0 Å². The fourth-order valence-electron chi connectivity index (χ4n) is 4.53. The highest BCUT2D eigenvalue weighted by molar-refractivity contribution is 6.27. The Labute approximate surface area is 200 Å². The smallest absolute Gasteiger partial charge is 0.247 e. The number of nitrogens with one attached hydrogen (secondary N) is 1. The van der Waals surface area contributed by atoms with Crippen molar-refractivity contribution in [2.75, 3.05) is 13.0 Å². The average Bonchev–Trinajstić information content (AvgIpc) is 2.82. The van der Waals surface area contributed by atoms with Crippen LogP contribution in [0.5, 0.6) is 5.75 Å². The second-order valence-electron chi connectivity index (χ2n) is 8.84.